The molecule has 2 rings (SSSR count). The minimum atomic E-state index is -0.660. The Bertz CT molecular complexity index is 649. The Labute approximate surface area is 153 Å². The standard InChI is InChI=1S/C16H19BrClFN2O3/c1-16(2,3)24-15(23)21-7-10(8-21)20(4)14(22)9-5-11(17)13(18)12(19)6-9/h5-6,10H,7-8H2,1-4H3. The number of hydrogen-bond donors (Lipinski definition) is 0. The van der Waals surface area contributed by atoms with Crippen LogP contribution in [0.4, 0.5) is 9.18 Å². The lowest BCUT2D eigenvalue weighted by Crippen LogP contribution is -2.61. The number of amides is 2. The highest BCUT2D eigenvalue weighted by atomic mass is 79.9. The van der Waals surface area contributed by atoms with E-state index in [1.807, 2.05) is 0 Å². The van der Waals surface area contributed by atoms with Crippen LogP contribution in [-0.4, -0.2) is 53.6 Å². The van der Waals surface area contributed by atoms with E-state index in [0.717, 1.165) is 6.07 Å². The smallest absolute Gasteiger partial charge is 0.410 e. The third-order valence-corrected chi connectivity index (χ3v) is 4.85. The Kier molecular flexibility index (Phi) is 5.44. The Morgan fingerprint density at radius 2 is 1.96 bits per heavy atom. The van der Waals surface area contributed by atoms with E-state index in [4.69, 9.17) is 16.3 Å². The maximum Gasteiger partial charge on any atom is 0.410 e. The van der Waals surface area contributed by atoms with Crippen LogP contribution in [0.15, 0.2) is 16.6 Å². The molecule has 8 heteroatoms. The molecule has 0 N–H and O–H groups in total. The lowest BCUT2D eigenvalue weighted by Gasteiger charge is -2.43. The van der Waals surface area contributed by atoms with Crippen molar-refractivity contribution in [2.45, 2.75) is 32.4 Å². The van der Waals surface area contributed by atoms with Gasteiger partial charge in [0.25, 0.3) is 5.91 Å². The summed E-state index contributed by atoms with van der Waals surface area (Å²) in [5.74, 6) is -0.994. The molecule has 1 heterocycles. The zero-order valence-electron chi connectivity index (χ0n) is 13.9. The zero-order chi connectivity index (χ0) is 18.2. The highest BCUT2D eigenvalue weighted by Crippen LogP contribution is 2.28. The molecule has 0 unspecified atom stereocenters. The van der Waals surface area contributed by atoms with Crippen molar-refractivity contribution in [3.63, 3.8) is 0 Å². The van der Waals surface area contributed by atoms with E-state index >= 15 is 0 Å². The predicted octanol–water partition coefficient (Wildman–Crippen LogP) is 3.93. The average molecular weight is 422 g/mol. The van der Waals surface area contributed by atoms with Gasteiger partial charge in [0, 0.05) is 30.2 Å². The summed E-state index contributed by atoms with van der Waals surface area (Å²) >= 11 is 8.86. The molecule has 2 amide bonds. The second kappa shape index (κ2) is 6.88. The molecule has 132 valence electrons. The predicted molar refractivity (Wildman–Crippen MR) is 92.8 cm³/mol. The number of nitrogens with zero attached hydrogens (tertiary/aromatic N) is 2. The fourth-order valence-electron chi connectivity index (χ4n) is 2.22. The summed E-state index contributed by atoms with van der Waals surface area (Å²) < 4.78 is 19.3. The Morgan fingerprint density at radius 1 is 1.38 bits per heavy atom. The number of likely N-dealkylation sites (tertiary alicyclic amines) is 1. The van der Waals surface area contributed by atoms with Gasteiger partial charge in [-0.15, -0.1) is 0 Å². The van der Waals surface area contributed by atoms with E-state index in [9.17, 15) is 14.0 Å². The summed E-state index contributed by atoms with van der Waals surface area (Å²) in [6.45, 7) is 6.16. The van der Waals surface area contributed by atoms with Gasteiger partial charge >= 0.3 is 6.09 Å². The van der Waals surface area contributed by atoms with Crippen LogP contribution in [0.5, 0.6) is 0 Å². The number of benzene rings is 1. The molecule has 0 spiro atoms. The first-order valence-corrected chi connectivity index (χ1v) is 8.56. The summed E-state index contributed by atoms with van der Waals surface area (Å²) in [4.78, 5) is 27.4. The van der Waals surface area contributed by atoms with Crippen molar-refractivity contribution < 1.29 is 18.7 Å². The van der Waals surface area contributed by atoms with Crippen molar-refractivity contribution in [3.8, 4) is 0 Å². The number of carbonyl (C=O) groups excluding carboxylic acids is 2. The van der Waals surface area contributed by atoms with Crippen LogP contribution < -0.4 is 0 Å². The minimum absolute atomic E-state index is 0.0612. The van der Waals surface area contributed by atoms with Crippen molar-refractivity contribution in [1.29, 1.82) is 0 Å². The summed E-state index contributed by atoms with van der Waals surface area (Å²) in [5.41, 5.74) is -0.362. The van der Waals surface area contributed by atoms with Gasteiger partial charge in [0.2, 0.25) is 0 Å². The van der Waals surface area contributed by atoms with Crippen molar-refractivity contribution in [1.82, 2.24) is 9.80 Å². The van der Waals surface area contributed by atoms with Crippen LogP contribution in [0, 0.1) is 5.82 Å². The molecule has 1 aliphatic rings. The summed E-state index contributed by atoms with van der Waals surface area (Å²) in [7, 11) is 1.62. The number of rotatable bonds is 2. The molecule has 1 saturated heterocycles. The van der Waals surface area contributed by atoms with E-state index in [1.165, 1.54) is 15.9 Å². The molecule has 1 fully saturated rings. The first kappa shape index (κ1) is 19.0. The van der Waals surface area contributed by atoms with Crippen molar-refractivity contribution in [2.24, 2.45) is 0 Å². The van der Waals surface area contributed by atoms with E-state index in [2.05, 4.69) is 15.9 Å². The van der Waals surface area contributed by atoms with Crippen LogP contribution in [-0.2, 0) is 4.74 Å². The number of likely N-dealkylation sites (N-methyl/N-ethyl adjacent to an activating group) is 1. The van der Waals surface area contributed by atoms with Crippen LogP contribution in [0.1, 0.15) is 31.1 Å². The van der Waals surface area contributed by atoms with E-state index < -0.39 is 17.5 Å². The molecule has 1 aromatic carbocycles. The zero-order valence-corrected chi connectivity index (χ0v) is 16.2. The van der Waals surface area contributed by atoms with Gasteiger partial charge in [-0.3, -0.25) is 4.79 Å². The number of hydrogen-bond acceptors (Lipinski definition) is 3. The molecule has 0 radical (unpaired) electrons. The Morgan fingerprint density at radius 3 is 2.46 bits per heavy atom. The molecule has 0 aromatic heterocycles. The molecule has 0 saturated carbocycles. The molecule has 1 aliphatic heterocycles. The van der Waals surface area contributed by atoms with Gasteiger partial charge in [-0.2, -0.15) is 0 Å². The van der Waals surface area contributed by atoms with Gasteiger partial charge in [-0.05, 0) is 48.8 Å². The third kappa shape index (κ3) is 4.19. The highest BCUT2D eigenvalue weighted by molar-refractivity contribution is 9.10. The first-order valence-electron chi connectivity index (χ1n) is 7.39. The maximum atomic E-state index is 13.7. The van der Waals surface area contributed by atoms with Crippen LogP contribution >= 0.6 is 27.5 Å². The second-order valence-corrected chi connectivity index (χ2v) is 7.94. The SMILES string of the molecule is CN(C(=O)c1cc(F)c(Cl)c(Br)c1)C1CN(C(=O)OC(C)(C)C)C1. The summed E-state index contributed by atoms with van der Waals surface area (Å²) in [6, 6.07) is 2.45. The van der Waals surface area contributed by atoms with E-state index in [0.29, 0.717) is 17.6 Å². The van der Waals surface area contributed by atoms with Gasteiger partial charge in [-0.25, -0.2) is 9.18 Å². The average Bonchev–Trinajstić information content (AvgIpc) is 2.39. The molecular formula is C16H19BrClFN2O3. The first-order chi connectivity index (χ1) is 11.0. The molecule has 0 atom stereocenters. The fraction of sp³-hybridized carbons (Fsp3) is 0.500. The van der Waals surface area contributed by atoms with Crippen LogP contribution in [0.25, 0.3) is 0 Å². The van der Waals surface area contributed by atoms with Gasteiger partial charge in [0.1, 0.15) is 11.4 Å². The lowest BCUT2D eigenvalue weighted by atomic mass is 10.1. The molecule has 5 nitrogen and oxygen atoms in total. The Balaban J connectivity index is 1.98. The monoisotopic (exact) mass is 420 g/mol. The quantitative estimate of drug-likeness (QED) is 0.680. The fourth-order valence-corrected chi connectivity index (χ4v) is 2.77. The normalized spacial score (nSPS) is 15.0. The van der Waals surface area contributed by atoms with Crippen LogP contribution in [0.3, 0.4) is 0 Å². The molecule has 24 heavy (non-hydrogen) atoms. The number of carbonyl (C=O) groups is 2. The Hall–Kier alpha value is -1.34. The van der Waals surface area contributed by atoms with Gasteiger partial charge < -0.3 is 14.5 Å². The number of halogens is 3. The van der Waals surface area contributed by atoms with Gasteiger partial charge in [-0.1, -0.05) is 11.6 Å². The largest absolute Gasteiger partial charge is 0.444 e. The topological polar surface area (TPSA) is 49.9 Å². The molecule has 0 bridgehead atoms. The van der Waals surface area contributed by atoms with Gasteiger partial charge in [0.05, 0.1) is 11.1 Å². The lowest BCUT2D eigenvalue weighted by molar-refractivity contribution is -0.00907. The van der Waals surface area contributed by atoms with E-state index in [1.54, 1.807) is 27.8 Å². The maximum absolute atomic E-state index is 13.7. The van der Waals surface area contributed by atoms with Crippen molar-refractivity contribution in [3.05, 3.63) is 33.0 Å². The molecular weight excluding hydrogens is 403 g/mol. The van der Waals surface area contributed by atoms with Crippen LogP contribution in [0.2, 0.25) is 5.02 Å². The summed E-state index contributed by atoms with van der Waals surface area (Å²) in [6.07, 6.45) is -0.403. The van der Waals surface area contributed by atoms with Crippen molar-refractivity contribution >= 4 is 39.5 Å². The third-order valence-electron chi connectivity index (χ3n) is 3.61. The molecule has 1 aromatic rings. The summed E-state index contributed by atoms with van der Waals surface area (Å²) in [5, 5.41) is -0.0612. The van der Waals surface area contributed by atoms with Gasteiger partial charge in [0.15, 0.2) is 0 Å². The second-order valence-electron chi connectivity index (χ2n) is 6.71. The minimum Gasteiger partial charge on any atom is -0.444 e. The molecule has 0 aliphatic carbocycles. The highest BCUT2D eigenvalue weighted by Gasteiger charge is 2.37. The van der Waals surface area contributed by atoms with E-state index in [-0.39, 0.29) is 22.5 Å². The number of ether oxygens (including phenoxy) is 1. The van der Waals surface area contributed by atoms with Crippen molar-refractivity contribution in [2.75, 3.05) is 20.1 Å².